The van der Waals surface area contributed by atoms with Crippen molar-refractivity contribution in [3.05, 3.63) is 67.9 Å². The highest BCUT2D eigenvalue weighted by atomic mass is 32.1. The van der Waals surface area contributed by atoms with Crippen LogP contribution >= 0.6 is 11.3 Å². The number of benzene rings is 1. The fourth-order valence-electron chi connectivity index (χ4n) is 3.40. The Morgan fingerprint density at radius 1 is 1.16 bits per heavy atom. The Morgan fingerprint density at radius 3 is 2.81 bits per heavy atom. The van der Waals surface area contributed by atoms with E-state index in [0.717, 1.165) is 4.57 Å². The molecule has 0 unspecified atom stereocenters. The van der Waals surface area contributed by atoms with E-state index in [0.29, 0.717) is 33.0 Å². The van der Waals surface area contributed by atoms with Crippen LogP contribution in [0.25, 0.3) is 10.2 Å². The molecule has 4 aromatic rings. The molecule has 0 bridgehead atoms. The van der Waals surface area contributed by atoms with Crippen LogP contribution in [0.15, 0.2) is 49.8 Å². The largest absolute Gasteiger partial charge is 0.454 e. The Bertz CT molecular complexity index is 1430. The number of thiophene rings is 1. The molecule has 31 heavy (non-hydrogen) atoms. The lowest BCUT2D eigenvalue weighted by molar-refractivity contribution is -0.116. The lowest BCUT2D eigenvalue weighted by Gasteiger charge is -2.12. The minimum absolute atomic E-state index is 0.0340. The van der Waals surface area contributed by atoms with Crippen LogP contribution < -0.4 is 26.0 Å². The summed E-state index contributed by atoms with van der Waals surface area (Å²) < 4.78 is 18.4. The summed E-state index contributed by atoms with van der Waals surface area (Å²) in [4.78, 5) is 38.7. The Labute approximate surface area is 178 Å². The summed E-state index contributed by atoms with van der Waals surface area (Å²) in [6.45, 7) is 1.59. The summed E-state index contributed by atoms with van der Waals surface area (Å²) in [7, 11) is 0. The average Bonchev–Trinajstić information content (AvgIpc) is 3.49. The van der Waals surface area contributed by atoms with Crippen molar-refractivity contribution < 1.29 is 18.8 Å². The summed E-state index contributed by atoms with van der Waals surface area (Å²) in [5.41, 5.74) is 0.123. The molecular formula is C20H16N4O6S. The lowest BCUT2D eigenvalue weighted by Crippen LogP contribution is -2.41. The summed E-state index contributed by atoms with van der Waals surface area (Å²) in [5, 5.41) is 8.02. The van der Waals surface area contributed by atoms with Crippen LogP contribution in [-0.4, -0.2) is 27.0 Å². The quantitative estimate of drug-likeness (QED) is 0.504. The fraction of sp³-hybridized carbons (Fsp3) is 0.200. The van der Waals surface area contributed by atoms with Gasteiger partial charge in [-0.3, -0.25) is 18.7 Å². The number of amides is 1. The average molecular weight is 440 g/mol. The van der Waals surface area contributed by atoms with E-state index in [-0.39, 0.29) is 25.7 Å². The van der Waals surface area contributed by atoms with Crippen LogP contribution in [0.2, 0.25) is 0 Å². The molecule has 4 heterocycles. The first-order valence-electron chi connectivity index (χ1n) is 9.32. The normalized spacial score (nSPS) is 12.4. The van der Waals surface area contributed by atoms with E-state index < -0.39 is 17.2 Å². The van der Waals surface area contributed by atoms with Crippen LogP contribution in [0.3, 0.4) is 0 Å². The SMILES string of the molecule is Cc1cc(NC(=O)Cn2c(=O)n(Cc3ccc4c(c3)OCO4)c(=O)c3sccc32)no1. The van der Waals surface area contributed by atoms with Crippen molar-refractivity contribution in [2.75, 3.05) is 12.1 Å². The molecule has 1 aliphatic rings. The predicted octanol–water partition coefficient (Wildman–Crippen LogP) is 1.94. The molecule has 3 aromatic heterocycles. The maximum atomic E-state index is 13.2. The number of aromatic nitrogens is 3. The van der Waals surface area contributed by atoms with Crippen molar-refractivity contribution in [3.63, 3.8) is 0 Å². The standard InChI is InChI=1S/C20H16N4O6S/c1-11-6-16(22-30-11)21-17(25)9-23-13-4-5-31-18(13)19(26)24(20(23)27)8-12-2-3-14-15(7-12)29-10-28-14/h2-7H,8-10H2,1H3,(H,21,22,25). The highest BCUT2D eigenvalue weighted by Crippen LogP contribution is 2.32. The number of aryl methyl sites for hydroxylation is 1. The van der Waals surface area contributed by atoms with Crippen molar-refractivity contribution in [3.8, 4) is 11.5 Å². The van der Waals surface area contributed by atoms with Crippen molar-refractivity contribution in [2.45, 2.75) is 20.0 Å². The number of anilines is 1. The van der Waals surface area contributed by atoms with E-state index in [4.69, 9.17) is 14.0 Å². The van der Waals surface area contributed by atoms with Crippen LogP contribution in [0.1, 0.15) is 11.3 Å². The van der Waals surface area contributed by atoms with Crippen LogP contribution in [0, 0.1) is 6.92 Å². The summed E-state index contributed by atoms with van der Waals surface area (Å²) in [5.74, 6) is 1.51. The molecule has 0 saturated heterocycles. The van der Waals surface area contributed by atoms with Crippen LogP contribution in [-0.2, 0) is 17.9 Å². The van der Waals surface area contributed by atoms with Crippen molar-refractivity contribution in [1.29, 1.82) is 0 Å². The molecule has 11 heteroatoms. The van der Waals surface area contributed by atoms with Gasteiger partial charge in [-0.15, -0.1) is 11.3 Å². The van der Waals surface area contributed by atoms with Gasteiger partial charge in [0.05, 0.1) is 12.1 Å². The number of hydrogen-bond donors (Lipinski definition) is 1. The van der Waals surface area contributed by atoms with Gasteiger partial charge in [-0.05, 0) is 36.1 Å². The maximum absolute atomic E-state index is 13.2. The van der Waals surface area contributed by atoms with Gasteiger partial charge in [0.2, 0.25) is 12.7 Å². The first-order chi connectivity index (χ1) is 15.0. The zero-order chi connectivity index (χ0) is 21.5. The molecule has 1 aromatic carbocycles. The molecule has 1 aliphatic heterocycles. The number of fused-ring (bicyclic) bond motifs is 2. The second-order valence-electron chi connectivity index (χ2n) is 6.95. The van der Waals surface area contributed by atoms with Gasteiger partial charge >= 0.3 is 5.69 Å². The molecule has 0 radical (unpaired) electrons. The Hall–Kier alpha value is -3.86. The fourth-order valence-corrected chi connectivity index (χ4v) is 4.24. The van der Waals surface area contributed by atoms with Crippen LogP contribution in [0.4, 0.5) is 5.82 Å². The number of nitrogens with one attached hydrogen (secondary N) is 1. The van der Waals surface area contributed by atoms with E-state index in [1.54, 1.807) is 42.6 Å². The highest BCUT2D eigenvalue weighted by Gasteiger charge is 2.19. The second kappa shape index (κ2) is 7.43. The van der Waals surface area contributed by atoms with Gasteiger partial charge in [0.1, 0.15) is 17.0 Å². The lowest BCUT2D eigenvalue weighted by atomic mass is 10.2. The van der Waals surface area contributed by atoms with Gasteiger partial charge in [-0.2, -0.15) is 0 Å². The summed E-state index contributed by atoms with van der Waals surface area (Å²) in [6, 6.07) is 8.46. The molecule has 1 amide bonds. The minimum atomic E-state index is -0.583. The predicted molar refractivity (Wildman–Crippen MR) is 112 cm³/mol. The molecular weight excluding hydrogens is 424 g/mol. The summed E-state index contributed by atoms with van der Waals surface area (Å²) >= 11 is 1.22. The smallest absolute Gasteiger partial charge is 0.332 e. The number of hydrogen-bond acceptors (Lipinski definition) is 8. The topological polar surface area (TPSA) is 118 Å². The third-order valence-electron chi connectivity index (χ3n) is 4.81. The summed E-state index contributed by atoms with van der Waals surface area (Å²) in [6.07, 6.45) is 0. The number of ether oxygens (including phenoxy) is 2. The first-order valence-corrected chi connectivity index (χ1v) is 10.2. The van der Waals surface area contributed by atoms with E-state index >= 15 is 0 Å². The molecule has 5 rings (SSSR count). The van der Waals surface area contributed by atoms with Crippen molar-refractivity contribution >= 4 is 33.3 Å². The van der Waals surface area contributed by atoms with Gasteiger partial charge in [0.15, 0.2) is 17.3 Å². The molecule has 0 spiro atoms. The van der Waals surface area contributed by atoms with Gasteiger partial charge in [0.25, 0.3) is 5.56 Å². The molecule has 0 atom stereocenters. The van der Waals surface area contributed by atoms with Crippen LogP contribution in [0.5, 0.6) is 11.5 Å². The number of carbonyl (C=O) groups excluding carboxylic acids is 1. The minimum Gasteiger partial charge on any atom is -0.454 e. The Kier molecular flexibility index (Phi) is 4.59. The van der Waals surface area contributed by atoms with Crippen molar-refractivity contribution in [1.82, 2.24) is 14.3 Å². The van der Waals surface area contributed by atoms with Gasteiger partial charge in [-0.25, -0.2) is 4.79 Å². The molecule has 1 N–H and O–H groups in total. The number of carbonyl (C=O) groups is 1. The number of nitrogens with zero attached hydrogens (tertiary/aromatic N) is 3. The monoisotopic (exact) mass is 440 g/mol. The van der Waals surface area contributed by atoms with E-state index in [2.05, 4.69) is 10.5 Å². The molecule has 0 fully saturated rings. The first kappa shape index (κ1) is 19.1. The van der Waals surface area contributed by atoms with E-state index in [1.807, 2.05) is 0 Å². The van der Waals surface area contributed by atoms with Gasteiger partial charge in [0, 0.05) is 6.07 Å². The van der Waals surface area contributed by atoms with E-state index in [1.165, 1.54) is 15.9 Å². The maximum Gasteiger partial charge on any atom is 0.332 e. The van der Waals surface area contributed by atoms with Gasteiger partial charge in [-0.1, -0.05) is 11.2 Å². The zero-order valence-electron chi connectivity index (χ0n) is 16.3. The Morgan fingerprint density at radius 2 is 2.00 bits per heavy atom. The molecule has 10 nitrogen and oxygen atoms in total. The van der Waals surface area contributed by atoms with Gasteiger partial charge < -0.3 is 19.3 Å². The molecule has 0 aliphatic carbocycles. The number of rotatable bonds is 5. The highest BCUT2D eigenvalue weighted by molar-refractivity contribution is 7.17. The third kappa shape index (κ3) is 3.48. The molecule has 0 saturated carbocycles. The molecule has 158 valence electrons. The Balaban J connectivity index is 1.51. The third-order valence-corrected chi connectivity index (χ3v) is 5.70. The van der Waals surface area contributed by atoms with Crippen molar-refractivity contribution in [2.24, 2.45) is 0 Å². The second-order valence-corrected chi connectivity index (χ2v) is 7.87. The van der Waals surface area contributed by atoms with E-state index in [9.17, 15) is 14.4 Å². The zero-order valence-corrected chi connectivity index (χ0v) is 17.1.